The molecule has 214 valence electrons. The number of nitrogens with two attached hydrogens (primary N) is 1. The van der Waals surface area contributed by atoms with Crippen molar-refractivity contribution in [1.82, 2.24) is 15.1 Å². The molecule has 10 heteroatoms. The molecule has 3 aliphatic rings. The molecule has 0 bridgehead atoms. The lowest BCUT2D eigenvalue weighted by Crippen LogP contribution is -2.51. The molecule has 3 heterocycles. The number of hydrogen-bond acceptors (Lipinski definition) is 7. The van der Waals surface area contributed by atoms with Gasteiger partial charge in [-0.25, -0.2) is 4.39 Å². The lowest BCUT2D eigenvalue weighted by molar-refractivity contribution is -0.141. The monoisotopic (exact) mass is 550 g/mol. The lowest BCUT2D eigenvalue weighted by atomic mass is 9.95. The van der Waals surface area contributed by atoms with Crippen LogP contribution in [0.2, 0.25) is 0 Å². The van der Waals surface area contributed by atoms with Crippen molar-refractivity contribution >= 4 is 35.3 Å². The zero-order valence-corrected chi connectivity index (χ0v) is 23.2. The predicted molar refractivity (Wildman–Crippen MR) is 153 cm³/mol. The summed E-state index contributed by atoms with van der Waals surface area (Å²) in [4.78, 5) is 44.2. The molecular weight excluding hydrogens is 511 g/mol. The zero-order valence-electron chi connectivity index (χ0n) is 23.2. The van der Waals surface area contributed by atoms with Crippen molar-refractivity contribution < 1.29 is 18.8 Å². The predicted octanol–water partition coefficient (Wildman–Crippen LogP) is 2.52. The van der Waals surface area contributed by atoms with Gasteiger partial charge in [0.25, 0.3) is 0 Å². The largest absolute Gasteiger partial charge is 0.399 e. The Balaban J connectivity index is 1.12. The van der Waals surface area contributed by atoms with Crippen molar-refractivity contribution in [2.24, 2.45) is 5.92 Å². The lowest BCUT2D eigenvalue weighted by Gasteiger charge is -2.40. The molecule has 3 aliphatic heterocycles. The van der Waals surface area contributed by atoms with Crippen LogP contribution in [-0.2, 0) is 20.9 Å². The molecule has 5 rings (SSSR count). The Labute approximate surface area is 235 Å². The molecule has 1 atom stereocenters. The highest BCUT2D eigenvalue weighted by atomic mass is 19.1. The summed E-state index contributed by atoms with van der Waals surface area (Å²) in [5.74, 6) is -0.337. The minimum Gasteiger partial charge on any atom is -0.399 e. The van der Waals surface area contributed by atoms with Crippen LogP contribution >= 0.6 is 0 Å². The quantitative estimate of drug-likeness (QED) is 0.296. The van der Waals surface area contributed by atoms with Gasteiger partial charge >= 0.3 is 0 Å². The summed E-state index contributed by atoms with van der Waals surface area (Å²) < 4.78 is 14.3. The molecule has 0 radical (unpaired) electrons. The Morgan fingerprint density at radius 3 is 2.42 bits per heavy atom. The van der Waals surface area contributed by atoms with Crippen LogP contribution in [0.3, 0.4) is 0 Å². The van der Waals surface area contributed by atoms with E-state index < -0.39 is 11.9 Å². The van der Waals surface area contributed by atoms with Crippen molar-refractivity contribution in [1.29, 1.82) is 0 Å². The molecule has 3 amide bonds. The van der Waals surface area contributed by atoms with E-state index in [9.17, 15) is 18.8 Å². The summed E-state index contributed by atoms with van der Waals surface area (Å²) in [5, 5.41) is 2.34. The number of halogens is 1. The second kappa shape index (κ2) is 12.2. The first-order valence-corrected chi connectivity index (χ1v) is 14.2. The Bertz CT molecular complexity index is 1240. The van der Waals surface area contributed by atoms with Crippen LogP contribution in [-0.4, -0.2) is 79.9 Å². The smallest absolute Gasteiger partial charge is 0.249 e. The van der Waals surface area contributed by atoms with Crippen molar-refractivity contribution in [3.05, 3.63) is 53.3 Å². The zero-order chi connectivity index (χ0) is 28.2. The van der Waals surface area contributed by atoms with E-state index >= 15 is 0 Å². The molecule has 0 unspecified atom stereocenters. The number of hydrogen-bond donors (Lipinski definition) is 2. The van der Waals surface area contributed by atoms with Crippen molar-refractivity contribution in [3.63, 3.8) is 0 Å². The topological polar surface area (TPSA) is 102 Å². The number of benzene rings is 2. The van der Waals surface area contributed by atoms with Crippen LogP contribution in [0.4, 0.5) is 21.5 Å². The fourth-order valence-corrected chi connectivity index (χ4v) is 6.13. The average molecular weight is 551 g/mol. The van der Waals surface area contributed by atoms with E-state index in [1.165, 1.54) is 11.0 Å². The number of carbonyl (C=O) groups excluding carboxylic acids is 3. The van der Waals surface area contributed by atoms with Crippen molar-refractivity contribution in [2.45, 2.75) is 45.2 Å². The Morgan fingerprint density at radius 2 is 1.75 bits per heavy atom. The maximum atomic E-state index is 14.3. The van der Waals surface area contributed by atoms with Crippen LogP contribution in [0, 0.1) is 18.7 Å². The number of anilines is 3. The first kappa shape index (κ1) is 27.9. The normalized spacial score (nSPS) is 20.9. The molecule has 40 heavy (non-hydrogen) atoms. The standard InChI is InChI=1S/C30H39FN6O3/c1-21-2-4-25(16-23(21)19-37(20-38)28-6-7-29(39)33-30(28)40)35-14-12-34(13-15-35)18-22-8-10-36(11-9-22)27-5-3-24(32)17-26(27)31/h2-5,16-17,20,22,28H,6-15,18-19,32H2,1H3,(H,33,39,40)/t28-/m0/s1. The number of piperidine rings is 2. The van der Waals surface area contributed by atoms with Crippen LogP contribution in [0.5, 0.6) is 0 Å². The second-order valence-electron chi connectivity index (χ2n) is 11.3. The second-order valence-corrected chi connectivity index (χ2v) is 11.3. The van der Waals surface area contributed by atoms with Gasteiger partial charge in [-0.05, 0) is 73.6 Å². The molecule has 0 aliphatic carbocycles. The number of nitrogen functional groups attached to an aromatic ring is 1. The van der Waals surface area contributed by atoms with E-state index in [0.717, 1.165) is 75.5 Å². The van der Waals surface area contributed by atoms with Crippen LogP contribution in [0.1, 0.15) is 36.8 Å². The number of imide groups is 1. The van der Waals surface area contributed by atoms with Crippen LogP contribution in [0.15, 0.2) is 36.4 Å². The highest BCUT2D eigenvalue weighted by molar-refractivity contribution is 6.00. The fourth-order valence-electron chi connectivity index (χ4n) is 6.13. The number of aryl methyl sites for hydroxylation is 1. The Morgan fingerprint density at radius 1 is 1.00 bits per heavy atom. The van der Waals surface area contributed by atoms with Gasteiger partial charge in [-0.2, -0.15) is 0 Å². The van der Waals surface area contributed by atoms with E-state index in [0.29, 0.717) is 36.7 Å². The minimum absolute atomic E-state index is 0.240. The van der Waals surface area contributed by atoms with E-state index in [1.807, 2.05) is 6.92 Å². The van der Waals surface area contributed by atoms with Gasteiger partial charge in [-0.3, -0.25) is 24.6 Å². The van der Waals surface area contributed by atoms with Crippen LogP contribution < -0.4 is 20.9 Å². The number of nitrogens with one attached hydrogen (secondary N) is 1. The summed E-state index contributed by atoms with van der Waals surface area (Å²) in [6.45, 7) is 8.91. The van der Waals surface area contributed by atoms with Gasteiger partial charge in [0.1, 0.15) is 11.9 Å². The van der Waals surface area contributed by atoms with Gasteiger partial charge in [0.15, 0.2) is 0 Å². The van der Waals surface area contributed by atoms with Crippen molar-refractivity contribution in [3.8, 4) is 0 Å². The third kappa shape index (κ3) is 6.38. The molecule has 0 spiro atoms. The summed E-state index contributed by atoms with van der Waals surface area (Å²) >= 11 is 0. The highest BCUT2D eigenvalue weighted by Gasteiger charge is 2.31. The van der Waals surface area contributed by atoms with Crippen molar-refractivity contribution in [2.75, 3.05) is 61.3 Å². The molecular formula is C30H39FN6O3. The summed E-state index contributed by atoms with van der Waals surface area (Å²) in [6.07, 6.45) is 3.39. The van der Waals surface area contributed by atoms with E-state index in [1.54, 1.807) is 12.1 Å². The van der Waals surface area contributed by atoms with Gasteiger partial charge in [-0.1, -0.05) is 6.07 Å². The SMILES string of the molecule is Cc1ccc(N2CCN(CC3CCN(c4ccc(N)cc4F)CC3)CC2)cc1CN(C=O)[C@H]1CCC(=O)NC1=O. The molecule has 3 N–H and O–H groups in total. The molecule has 0 aromatic heterocycles. The number of piperazine rings is 1. The van der Waals surface area contributed by atoms with Gasteiger partial charge in [-0.15, -0.1) is 0 Å². The third-order valence-electron chi connectivity index (χ3n) is 8.61. The van der Waals surface area contributed by atoms with Gasteiger partial charge < -0.3 is 20.4 Å². The fraction of sp³-hybridized carbons (Fsp3) is 0.500. The number of rotatable bonds is 8. The Kier molecular flexibility index (Phi) is 8.54. The van der Waals surface area contributed by atoms with E-state index in [-0.39, 0.29) is 18.1 Å². The maximum absolute atomic E-state index is 14.3. The molecule has 2 aromatic carbocycles. The number of nitrogens with zero attached hydrogens (tertiary/aromatic N) is 4. The van der Waals surface area contributed by atoms with E-state index in [2.05, 4.69) is 38.2 Å². The average Bonchev–Trinajstić information content (AvgIpc) is 2.94. The summed E-state index contributed by atoms with van der Waals surface area (Å²) in [7, 11) is 0. The minimum atomic E-state index is -0.626. The third-order valence-corrected chi connectivity index (χ3v) is 8.61. The van der Waals surface area contributed by atoms with Crippen LogP contribution in [0.25, 0.3) is 0 Å². The molecule has 2 aromatic rings. The number of amides is 3. The molecule has 3 saturated heterocycles. The molecule has 9 nitrogen and oxygen atoms in total. The molecule has 3 fully saturated rings. The first-order valence-electron chi connectivity index (χ1n) is 14.2. The first-order chi connectivity index (χ1) is 19.3. The number of carbonyl (C=O) groups is 3. The van der Waals surface area contributed by atoms with E-state index in [4.69, 9.17) is 5.73 Å². The van der Waals surface area contributed by atoms with Gasteiger partial charge in [0.2, 0.25) is 18.2 Å². The molecule has 0 saturated carbocycles. The van der Waals surface area contributed by atoms with Gasteiger partial charge in [0.05, 0.1) is 5.69 Å². The summed E-state index contributed by atoms with van der Waals surface area (Å²) in [6, 6.07) is 10.6. The van der Waals surface area contributed by atoms with Gasteiger partial charge in [0, 0.05) is 70.2 Å². The Hall–Kier alpha value is -3.66. The highest BCUT2D eigenvalue weighted by Crippen LogP contribution is 2.28. The maximum Gasteiger partial charge on any atom is 0.249 e. The summed E-state index contributed by atoms with van der Waals surface area (Å²) in [5.41, 5.74) is 9.98.